The second-order valence-corrected chi connectivity index (χ2v) is 5.66. The molecule has 0 amide bonds. The minimum absolute atomic E-state index is 0.00443. The van der Waals surface area contributed by atoms with E-state index in [0.29, 0.717) is 5.75 Å². The van der Waals surface area contributed by atoms with Crippen LogP contribution in [0.25, 0.3) is 0 Å². The van der Waals surface area contributed by atoms with Crippen LogP contribution in [0.1, 0.15) is 24.1 Å². The number of benzene rings is 1. The maximum absolute atomic E-state index is 10.8. The number of rotatable bonds is 4. The van der Waals surface area contributed by atoms with Crippen LogP contribution in [0.5, 0.6) is 11.5 Å². The van der Waals surface area contributed by atoms with E-state index in [1.807, 2.05) is 12.1 Å². The van der Waals surface area contributed by atoms with Crippen LogP contribution in [-0.2, 0) is 6.42 Å². The molecule has 0 aliphatic carbocycles. The van der Waals surface area contributed by atoms with Gasteiger partial charge in [-0.1, -0.05) is 0 Å². The van der Waals surface area contributed by atoms with Gasteiger partial charge in [-0.25, -0.2) is 4.98 Å². The van der Waals surface area contributed by atoms with Crippen molar-refractivity contribution in [1.29, 1.82) is 0 Å². The molecule has 2 heterocycles. The summed E-state index contributed by atoms with van der Waals surface area (Å²) in [5, 5.41) is 10.8. The quantitative estimate of drug-likeness (QED) is 0.633. The van der Waals surface area contributed by atoms with E-state index in [2.05, 4.69) is 16.8 Å². The summed E-state index contributed by atoms with van der Waals surface area (Å²) in [5.74, 6) is 2.15. The highest BCUT2D eigenvalue weighted by molar-refractivity contribution is 5.54. The molecule has 0 N–H and O–H groups in total. The number of nitrogens with zero attached hydrogens (tertiary/aromatic N) is 3. The Morgan fingerprint density at radius 2 is 1.96 bits per heavy atom. The van der Waals surface area contributed by atoms with Crippen LogP contribution in [0.4, 0.5) is 11.5 Å². The summed E-state index contributed by atoms with van der Waals surface area (Å²) in [6, 6.07) is 7.28. The molecule has 0 saturated heterocycles. The van der Waals surface area contributed by atoms with Crippen LogP contribution in [0, 0.1) is 10.1 Å². The van der Waals surface area contributed by atoms with Crippen LogP contribution in [0.2, 0.25) is 0 Å². The lowest BCUT2D eigenvalue weighted by Gasteiger charge is -2.36. The number of hydrogen-bond acceptors (Lipinski definition) is 6. The SMILES string of the molecule is COc1cc2c(cc1OC)C(C)N(c1ccc([N+](=O)[O-])cn1)CC2. The van der Waals surface area contributed by atoms with Crippen molar-refractivity contribution < 1.29 is 14.4 Å². The van der Waals surface area contributed by atoms with Gasteiger partial charge in [0.2, 0.25) is 0 Å². The monoisotopic (exact) mass is 329 g/mol. The average Bonchev–Trinajstić information content (AvgIpc) is 2.61. The predicted molar refractivity (Wildman–Crippen MR) is 89.9 cm³/mol. The summed E-state index contributed by atoms with van der Waals surface area (Å²) >= 11 is 0. The van der Waals surface area contributed by atoms with E-state index in [-0.39, 0.29) is 11.7 Å². The van der Waals surface area contributed by atoms with Gasteiger partial charge in [-0.2, -0.15) is 0 Å². The Labute approximate surface area is 140 Å². The second kappa shape index (κ2) is 6.35. The van der Waals surface area contributed by atoms with E-state index in [9.17, 15) is 10.1 Å². The van der Waals surface area contributed by atoms with Gasteiger partial charge < -0.3 is 14.4 Å². The first kappa shape index (κ1) is 16.0. The molecule has 0 saturated carbocycles. The minimum Gasteiger partial charge on any atom is -0.493 e. The van der Waals surface area contributed by atoms with Crippen LogP contribution >= 0.6 is 0 Å². The highest BCUT2D eigenvalue weighted by Crippen LogP contribution is 2.39. The van der Waals surface area contributed by atoms with E-state index in [4.69, 9.17) is 9.47 Å². The predicted octanol–water partition coefficient (Wildman–Crippen LogP) is 3.13. The number of fused-ring (bicyclic) bond motifs is 1. The highest BCUT2D eigenvalue weighted by atomic mass is 16.6. The fourth-order valence-corrected chi connectivity index (χ4v) is 3.11. The summed E-state index contributed by atoms with van der Waals surface area (Å²) in [5.41, 5.74) is 2.37. The van der Waals surface area contributed by atoms with Crippen molar-refractivity contribution in [2.24, 2.45) is 0 Å². The zero-order chi connectivity index (χ0) is 17.3. The van der Waals surface area contributed by atoms with Gasteiger partial charge in [0.1, 0.15) is 12.0 Å². The van der Waals surface area contributed by atoms with Crippen molar-refractivity contribution in [2.75, 3.05) is 25.7 Å². The third-order valence-corrected chi connectivity index (χ3v) is 4.42. The van der Waals surface area contributed by atoms with E-state index in [0.717, 1.165) is 30.1 Å². The van der Waals surface area contributed by atoms with Gasteiger partial charge in [0.15, 0.2) is 11.5 Å². The van der Waals surface area contributed by atoms with E-state index in [1.54, 1.807) is 20.3 Å². The van der Waals surface area contributed by atoms with Gasteiger partial charge >= 0.3 is 0 Å². The molecule has 2 aromatic rings. The normalized spacial score (nSPS) is 16.5. The first-order valence-electron chi connectivity index (χ1n) is 7.67. The average molecular weight is 329 g/mol. The lowest BCUT2D eigenvalue weighted by molar-refractivity contribution is -0.385. The number of ether oxygens (including phenoxy) is 2. The molecule has 3 rings (SSSR count). The summed E-state index contributed by atoms with van der Waals surface area (Å²) in [4.78, 5) is 16.7. The van der Waals surface area contributed by atoms with Crippen molar-refractivity contribution in [3.63, 3.8) is 0 Å². The number of aromatic nitrogens is 1. The van der Waals surface area contributed by atoms with Gasteiger partial charge in [-0.3, -0.25) is 10.1 Å². The number of nitro groups is 1. The maximum atomic E-state index is 10.8. The van der Waals surface area contributed by atoms with E-state index < -0.39 is 4.92 Å². The Hall–Kier alpha value is -2.83. The molecule has 1 aliphatic heterocycles. The van der Waals surface area contributed by atoms with Crippen LogP contribution in [0.3, 0.4) is 0 Å². The van der Waals surface area contributed by atoms with E-state index >= 15 is 0 Å². The molecule has 7 heteroatoms. The molecule has 1 aliphatic rings. The van der Waals surface area contributed by atoms with Crippen molar-refractivity contribution >= 4 is 11.5 Å². The summed E-state index contributed by atoms with van der Waals surface area (Å²) in [6.45, 7) is 2.88. The molecule has 7 nitrogen and oxygen atoms in total. The standard InChI is InChI=1S/C17H19N3O4/c1-11-14-9-16(24-3)15(23-2)8-12(14)6-7-19(11)17-5-4-13(10-18-17)20(21)22/h4-5,8-11H,6-7H2,1-3H3. The zero-order valence-corrected chi connectivity index (χ0v) is 13.9. The maximum Gasteiger partial charge on any atom is 0.287 e. The fourth-order valence-electron chi connectivity index (χ4n) is 3.11. The Bertz CT molecular complexity index is 761. The lowest BCUT2D eigenvalue weighted by atomic mass is 9.93. The van der Waals surface area contributed by atoms with Gasteiger partial charge in [0.05, 0.1) is 25.2 Å². The first-order valence-corrected chi connectivity index (χ1v) is 7.67. The molecule has 24 heavy (non-hydrogen) atoms. The third-order valence-electron chi connectivity index (χ3n) is 4.42. The lowest BCUT2D eigenvalue weighted by Crippen LogP contribution is -2.34. The number of hydrogen-bond donors (Lipinski definition) is 0. The summed E-state index contributed by atoms with van der Waals surface area (Å²) < 4.78 is 10.8. The fraction of sp³-hybridized carbons (Fsp3) is 0.353. The minimum atomic E-state index is -0.442. The van der Waals surface area contributed by atoms with Crippen molar-refractivity contribution in [3.8, 4) is 11.5 Å². The van der Waals surface area contributed by atoms with Gasteiger partial charge in [0.25, 0.3) is 5.69 Å². The molecule has 1 aromatic carbocycles. The van der Waals surface area contributed by atoms with Crippen LogP contribution in [-0.4, -0.2) is 30.7 Å². The van der Waals surface area contributed by atoms with Crippen molar-refractivity contribution in [1.82, 2.24) is 4.98 Å². The van der Waals surface area contributed by atoms with Gasteiger partial charge in [-0.05, 0) is 42.7 Å². The number of methoxy groups -OCH3 is 2. The Morgan fingerprint density at radius 3 is 2.54 bits per heavy atom. The molecule has 1 atom stereocenters. The number of pyridine rings is 1. The molecule has 1 aromatic heterocycles. The molecule has 0 bridgehead atoms. The zero-order valence-electron chi connectivity index (χ0n) is 13.9. The topological polar surface area (TPSA) is 77.7 Å². The second-order valence-electron chi connectivity index (χ2n) is 5.66. The summed E-state index contributed by atoms with van der Waals surface area (Å²) in [6.07, 6.45) is 2.14. The third kappa shape index (κ3) is 2.73. The smallest absolute Gasteiger partial charge is 0.287 e. The molecule has 0 radical (unpaired) electrons. The Kier molecular flexibility index (Phi) is 4.24. The Balaban J connectivity index is 1.94. The summed E-state index contributed by atoms with van der Waals surface area (Å²) in [7, 11) is 3.25. The van der Waals surface area contributed by atoms with Gasteiger partial charge in [0, 0.05) is 12.6 Å². The Morgan fingerprint density at radius 1 is 1.25 bits per heavy atom. The molecular formula is C17H19N3O4. The molecule has 126 valence electrons. The molecule has 1 unspecified atom stereocenters. The largest absolute Gasteiger partial charge is 0.493 e. The van der Waals surface area contributed by atoms with Crippen molar-refractivity contribution in [3.05, 3.63) is 51.7 Å². The van der Waals surface area contributed by atoms with Crippen LogP contribution < -0.4 is 14.4 Å². The van der Waals surface area contributed by atoms with Gasteiger partial charge in [-0.15, -0.1) is 0 Å². The number of anilines is 1. The molecule has 0 fully saturated rings. The first-order chi connectivity index (χ1) is 11.5. The highest BCUT2D eigenvalue weighted by Gasteiger charge is 2.27. The van der Waals surface area contributed by atoms with Crippen LogP contribution in [0.15, 0.2) is 30.5 Å². The van der Waals surface area contributed by atoms with Crippen molar-refractivity contribution in [2.45, 2.75) is 19.4 Å². The molecular weight excluding hydrogens is 310 g/mol. The molecule has 0 spiro atoms. The van der Waals surface area contributed by atoms with E-state index in [1.165, 1.54) is 17.8 Å².